The predicted molar refractivity (Wildman–Crippen MR) is 41.5 cm³/mol. The van der Waals surface area contributed by atoms with E-state index in [2.05, 4.69) is 15.3 Å². The van der Waals surface area contributed by atoms with Crippen LogP contribution in [-0.4, -0.2) is 4.96 Å². The van der Waals surface area contributed by atoms with E-state index in [1.54, 1.807) is 4.96 Å². The zero-order valence-corrected chi connectivity index (χ0v) is 6.49. The van der Waals surface area contributed by atoms with Crippen molar-refractivity contribution in [1.29, 1.82) is 0 Å². The molecule has 0 atom stereocenters. The molecule has 0 amide bonds. The first kappa shape index (κ1) is 7.44. The minimum absolute atomic E-state index is 1.20. The van der Waals surface area contributed by atoms with Gasteiger partial charge < -0.3 is 0 Å². The molecule has 0 heterocycles. The standard InChI is InChI=1S/C9H8.Co/c1-2-6-9-7-4-3-5-8-9;/h1-8H;/b6-2-;. The second-order valence-electron chi connectivity index (χ2n) is 1.88. The van der Waals surface area contributed by atoms with E-state index in [1.165, 1.54) is 5.56 Å². The Bertz CT molecular complexity index is 224. The molecule has 0 bridgehead atoms. The van der Waals surface area contributed by atoms with Gasteiger partial charge in [0.15, 0.2) is 0 Å². The molecule has 1 aromatic rings. The third-order valence-electron chi connectivity index (χ3n) is 1.15. The summed E-state index contributed by atoms with van der Waals surface area (Å²) in [5, 5.41) is 0. The number of rotatable bonds is 2. The van der Waals surface area contributed by atoms with Crippen molar-refractivity contribution in [2.24, 2.45) is 0 Å². The second-order valence-corrected chi connectivity index (χ2v) is 2.23. The first-order valence-corrected chi connectivity index (χ1v) is 3.66. The molecule has 53 valence electrons. The van der Waals surface area contributed by atoms with Gasteiger partial charge in [0.05, 0.1) is 0 Å². The number of benzene rings is 1. The van der Waals surface area contributed by atoms with Crippen LogP contribution in [0, 0.1) is 0 Å². The van der Waals surface area contributed by atoms with Crippen molar-refractivity contribution in [3.8, 4) is 0 Å². The Labute approximate surface area is 68.7 Å². The molecule has 1 aromatic carbocycles. The topological polar surface area (TPSA) is 0 Å². The summed E-state index contributed by atoms with van der Waals surface area (Å²) in [5.74, 6) is 0. The van der Waals surface area contributed by atoms with Gasteiger partial charge in [0, 0.05) is 0 Å². The Morgan fingerprint density at radius 1 is 1.10 bits per heavy atom. The van der Waals surface area contributed by atoms with Crippen molar-refractivity contribution in [3.63, 3.8) is 0 Å². The van der Waals surface area contributed by atoms with Crippen LogP contribution in [0.15, 0.2) is 36.4 Å². The molecule has 0 nitrogen and oxygen atoms in total. The Morgan fingerprint density at radius 2 is 1.80 bits per heavy atom. The van der Waals surface area contributed by atoms with Gasteiger partial charge in [-0.3, -0.25) is 0 Å². The molecular weight excluding hydrogens is 167 g/mol. The third kappa shape index (κ3) is 2.29. The van der Waals surface area contributed by atoms with Crippen molar-refractivity contribution in [2.45, 2.75) is 0 Å². The average molecular weight is 175 g/mol. The Hall–Kier alpha value is -0.664. The zero-order valence-electron chi connectivity index (χ0n) is 5.45. The predicted octanol–water partition coefficient (Wildman–Crippen LogP) is 2.05. The maximum atomic E-state index is 3.98. The summed E-state index contributed by atoms with van der Waals surface area (Å²) in [4.78, 5) is 1.71. The molecule has 0 saturated carbocycles. The van der Waals surface area contributed by atoms with E-state index in [-0.39, 0.29) is 0 Å². The van der Waals surface area contributed by atoms with E-state index >= 15 is 0 Å². The molecule has 0 aliphatic rings. The first-order valence-electron chi connectivity index (χ1n) is 3.06. The molecule has 0 fully saturated rings. The Kier molecular flexibility index (Phi) is 3.13. The maximum absolute atomic E-state index is 3.98. The van der Waals surface area contributed by atoms with Gasteiger partial charge in [-0.25, -0.2) is 0 Å². The van der Waals surface area contributed by atoms with E-state index in [4.69, 9.17) is 0 Å². The molecule has 0 aliphatic carbocycles. The Morgan fingerprint density at radius 3 is 2.40 bits per heavy atom. The fraction of sp³-hybridized carbons (Fsp3) is 0. The molecule has 1 rings (SSSR count). The Balaban J connectivity index is 2.76. The van der Waals surface area contributed by atoms with Crippen LogP contribution in [0.2, 0.25) is 0 Å². The van der Waals surface area contributed by atoms with Crippen molar-refractivity contribution in [1.82, 2.24) is 0 Å². The molecular formula is C9H8Co. The molecule has 1 heteroatoms. The molecule has 0 radical (unpaired) electrons. The zero-order chi connectivity index (χ0) is 7.23. The monoisotopic (exact) mass is 175 g/mol. The van der Waals surface area contributed by atoms with Gasteiger partial charge in [-0.2, -0.15) is 0 Å². The summed E-state index contributed by atoms with van der Waals surface area (Å²) < 4.78 is 0. The molecule has 0 spiro atoms. The molecule has 0 saturated heterocycles. The van der Waals surface area contributed by atoms with Gasteiger partial charge in [0.25, 0.3) is 0 Å². The van der Waals surface area contributed by atoms with E-state index in [0.717, 1.165) is 0 Å². The van der Waals surface area contributed by atoms with E-state index < -0.39 is 0 Å². The van der Waals surface area contributed by atoms with Crippen LogP contribution in [0.5, 0.6) is 0 Å². The van der Waals surface area contributed by atoms with Gasteiger partial charge in [-0.05, 0) is 0 Å². The fourth-order valence-corrected chi connectivity index (χ4v) is 0.808. The quantitative estimate of drug-likeness (QED) is 0.645. The summed E-state index contributed by atoms with van der Waals surface area (Å²) in [6.07, 6.45) is 3.90. The van der Waals surface area contributed by atoms with E-state index in [9.17, 15) is 0 Å². The van der Waals surface area contributed by atoms with Crippen molar-refractivity contribution in [2.75, 3.05) is 0 Å². The summed E-state index contributed by atoms with van der Waals surface area (Å²) in [6.45, 7) is 0. The van der Waals surface area contributed by atoms with Crippen LogP contribution in [0.3, 0.4) is 0 Å². The second kappa shape index (κ2) is 4.20. The summed E-state index contributed by atoms with van der Waals surface area (Å²) in [7, 11) is 0. The van der Waals surface area contributed by atoms with Gasteiger partial charge >= 0.3 is 68.3 Å². The summed E-state index contributed by atoms with van der Waals surface area (Å²) in [6, 6.07) is 10.1. The number of hydrogen-bond donors (Lipinski definition) is 0. The van der Waals surface area contributed by atoms with Crippen molar-refractivity contribution in [3.05, 3.63) is 42.0 Å². The average Bonchev–Trinajstić information content (AvgIpc) is 2.03. The van der Waals surface area contributed by atoms with Crippen LogP contribution in [0.4, 0.5) is 0 Å². The van der Waals surface area contributed by atoms with Gasteiger partial charge in [0.2, 0.25) is 0 Å². The molecule has 0 aromatic heterocycles. The summed E-state index contributed by atoms with van der Waals surface area (Å²) >= 11 is 3.98. The number of hydrogen-bond acceptors (Lipinski definition) is 0. The normalized spacial score (nSPS) is 10.1. The number of allylic oxidation sites excluding steroid dienone is 1. The van der Waals surface area contributed by atoms with Crippen molar-refractivity contribution >= 4 is 11.0 Å². The SMILES string of the molecule is [Co]=[CH]/C=C\c1ccccc1. The third-order valence-corrected chi connectivity index (χ3v) is 1.35. The van der Waals surface area contributed by atoms with Crippen LogP contribution in [0.1, 0.15) is 5.56 Å². The van der Waals surface area contributed by atoms with E-state index in [0.29, 0.717) is 0 Å². The van der Waals surface area contributed by atoms with Crippen molar-refractivity contribution < 1.29 is 15.3 Å². The van der Waals surface area contributed by atoms with Gasteiger partial charge in [-0.15, -0.1) is 0 Å². The van der Waals surface area contributed by atoms with Crippen LogP contribution >= 0.6 is 0 Å². The van der Waals surface area contributed by atoms with Gasteiger partial charge in [0.1, 0.15) is 0 Å². The van der Waals surface area contributed by atoms with Crippen LogP contribution in [-0.2, 0) is 15.3 Å². The molecule has 0 unspecified atom stereocenters. The molecule has 0 aliphatic heterocycles. The fourth-order valence-electron chi connectivity index (χ4n) is 0.707. The van der Waals surface area contributed by atoms with Gasteiger partial charge in [-0.1, -0.05) is 0 Å². The molecule has 10 heavy (non-hydrogen) atoms. The van der Waals surface area contributed by atoms with Crippen LogP contribution in [0.25, 0.3) is 6.08 Å². The molecule has 0 N–H and O–H groups in total. The van der Waals surface area contributed by atoms with Crippen LogP contribution < -0.4 is 0 Å². The first-order chi connectivity index (χ1) is 4.93. The van der Waals surface area contributed by atoms with E-state index in [1.807, 2.05) is 42.5 Å². The minimum atomic E-state index is 1.20. The summed E-state index contributed by atoms with van der Waals surface area (Å²) in [5.41, 5.74) is 1.20.